The highest BCUT2D eigenvalue weighted by Crippen LogP contribution is 2.26. The van der Waals surface area contributed by atoms with Crippen LogP contribution >= 0.6 is 11.8 Å². The van der Waals surface area contributed by atoms with Crippen LogP contribution in [0.2, 0.25) is 0 Å². The van der Waals surface area contributed by atoms with Gasteiger partial charge in [-0.05, 0) is 37.4 Å². The van der Waals surface area contributed by atoms with Crippen molar-refractivity contribution in [3.05, 3.63) is 53.6 Å². The van der Waals surface area contributed by atoms with Gasteiger partial charge in [0.25, 0.3) is 5.91 Å². The third-order valence-corrected chi connectivity index (χ3v) is 3.55. The zero-order valence-electron chi connectivity index (χ0n) is 10.8. The molecule has 2 rings (SSSR count). The molecule has 0 radical (unpaired) electrons. The summed E-state index contributed by atoms with van der Waals surface area (Å²) in [5.41, 5.74) is 1.97. The van der Waals surface area contributed by atoms with Gasteiger partial charge in [0.05, 0.1) is 11.3 Å². The highest BCUT2D eigenvalue weighted by Gasteiger charge is 2.12. The molecule has 4 heteroatoms. The molecule has 2 aromatic carbocycles. The number of rotatable bonds is 3. The summed E-state index contributed by atoms with van der Waals surface area (Å²) in [6.45, 7) is 1.88. The maximum atomic E-state index is 12.2. The molecule has 0 atom stereocenters. The van der Waals surface area contributed by atoms with Crippen LogP contribution in [0.4, 0.5) is 5.69 Å². The molecule has 1 amide bonds. The Morgan fingerprint density at radius 2 is 1.95 bits per heavy atom. The Labute approximate surface area is 116 Å². The molecular formula is C15H15NO2S. The Hall–Kier alpha value is -1.94. The zero-order chi connectivity index (χ0) is 13.8. The second kappa shape index (κ2) is 5.80. The van der Waals surface area contributed by atoms with E-state index in [1.54, 1.807) is 23.9 Å². The number of nitrogens with one attached hydrogen (secondary N) is 1. The molecule has 0 bridgehead atoms. The van der Waals surface area contributed by atoms with E-state index in [1.807, 2.05) is 37.4 Å². The van der Waals surface area contributed by atoms with Crippen molar-refractivity contribution in [1.82, 2.24) is 0 Å². The lowest BCUT2D eigenvalue weighted by molar-refractivity contribution is 0.102. The average molecular weight is 273 g/mol. The number of carbonyl (C=O) groups excluding carboxylic acids is 1. The van der Waals surface area contributed by atoms with Gasteiger partial charge in [-0.15, -0.1) is 11.8 Å². The fraction of sp³-hybridized carbons (Fsp3) is 0.133. The van der Waals surface area contributed by atoms with Crippen molar-refractivity contribution in [3.63, 3.8) is 0 Å². The van der Waals surface area contributed by atoms with Gasteiger partial charge in [-0.1, -0.05) is 23.8 Å². The highest BCUT2D eigenvalue weighted by atomic mass is 32.2. The Bertz CT molecular complexity index is 611. The van der Waals surface area contributed by atoms with Crippen LogP contribution < -0.4 is 5.32 Å². The van der Waals surface area contributed by atoms with Crippen LogP contribution in [0.25, 0.3) is 0 Å². The molecule has 2 N–H and O–H groups in total. The Balaban J connectivity index is 2.28. The van der Waals surface area contributed by atoms with Gasteiger partial charge in [-0.25, -0.2) is 0 Å². The monoisotopic (exact) mass is 273 g/mol. The molecule has 98 valence electrons. The lowest BCUT2D eigenvalue weighted by Gasteiger charge is -2.10. The average Bonchev–Trinajstić information content (AvgIpc) is 2.42. The molecule has 0 heterocycles. The SMILES string of the molecule is CSc1ccccc1NC(=O)c1cc(C)ccc1O. The molecule has 0 saturated heterocycles. The largest absolute Gasteiger partial charge is 0.507 e. The van der Waals surface area contributed by atoms with Crippen molar-refractivity contribution in [2.75, 3.05) is 11.6 Å². The Morgan fingerprint density at radius 1 is 1.21 bits per heavy atom. The molecule has 0 fully saturated rings. The normalized spacial score (nSPS) is 10.2. The summed E-state index contributed by atoms with van der Waals surface area (Å²) in [7, 11) is 0. The summed E-state index contributed by atoms with van der Waals surface area (Å²) in [6, 6.07) is 12.5. The van der Waals surface area contributed by atoms with E-state index in [9.17, 15) is 9.90 Å². The number of carbonyl (C=O) groups is 1. The van der Waals surface area contributed by atoms with Crippen LogP contribution in [-0.2, 0) is 0 Å². The minimum Gasteiger partial charge on any atom is -0.507 e. The first-order chi connectivity index (χ1) is 9.11. The number of thioether (sulfide) groups is 1. The molecule has 2 aromatic rings. The number of phenolic OH excluding ortho intramolecular Hbond substituents is 1. The number of phenols is 1. The fourth-order valence-electron chi connectivity index (χ4n) is 1.77. The van der Waals surface area contributed by atoms with E-state index in [2.05, 4.69) is 5.32 Å². The summed E-state index contributed by atoms with van der Waals surface area (Å²) in [6.07, 6.45) is 1.95. The van der Waals surface area contributed by atoms with Crippen LogP contribution in [0.15, 0.2) is 47.4 Å². The first-order valence-electron chi connectivity index (χ1n) is 5.86. The van der Waals surface area contributed by atoms with Gasteiger partial charge in [-0.2, -0.15) is 0 Å². The van der Waals surface area contributed by atoms with Crippen molar-refractivity contribution in [1.29, 1.82) is 0 Å². The van der Waals surface area contributed by atoms with Gasteiger partial charge in [0, 0.05) is 4.90 Å². The predicted octanol–water partition coefficient (Wildman–Crippen LogP) is 3.67. The Morgan fingerprint density at radius 3 is 2.68 bits per heavy atom. The molecule has 0 aliphatic heterocycles. The fourth-order valence-corrected chi connectivity index (χ4v) is 2.32. The van der Waals surface area contributed by atoms with Crippen LogP contribution in [0.1, 0.15) is 15.9 Å². The topological polar surface area (TPSA) is 49.3 Å². The lowest BCUT2D eigenvalue weighted by Crippen LogP contribution is -2.12. The van der Waals surface area contributed by atoms with E-state index >= 15 is 0 Å². The second-order valence-electron chi connectivity index (χ2n) is 4.18. The minimum atomic E-state index is -0.303. The first kappa shape index (κ1) is 13.5. The maximum Gasteiger partial charge on any atom is 0.259 e. The highest BCUT2D eigenvalue weighted by molar-refractivity contribution is 7.98. The van der Waals surface area contributed by atoms with Gasteiger partial charge < -0.3 is 10.4 Å². The number of para-hydroxylation sites is 1. The smallest absolute Gasteiger partial charge is 0.259 e. The summed E-state index contributed by atoms with van der Waals surface area (Å²) >= 11 is 1.56. The van der Waals surface area contributed by atoms with Gasteiger partial charge in [0.15, 0.2) is 0 Å². The van der Waals surface area contributed by atoms with Crippen molar-refractivity contribution in [2.45, 2.75) is 11.8 Å². The second-order valence-corrected chi connectivity index (χ2v) is 5.02. The number of benzene rings is 2. The van der Waals surface area contributed by atoms with E-state index in [4.69, 9.17) is 0 Å². The first-order valence-corrected chi connectivity index (χ1v) is 7.08. The summed E-state index contributed by atoms with van der Waals surface area (Å²) in [4.78, 5) is 13.2. The number of hydrogen-bond donors (Lipinski definition) is 2. The molecule has 0 aromatic heterocycles. The van der Waals surface area contributed by atoms with Gasteiger partial charge >= 0.3 is 0 Å². The van der Waals surface area contributed by atoms with Crippen LogP contribution in [0.3, 0.4) is 0 Å². The van der Waals surface area contributed by atoms with Crippen molar-refractivity contribution in [2.24, 2.45) is 0 Å². The molecule has 3 nitrogen and oxygen atoms in total. The standard InChI is InChI=1S/C15H15NO2S/c1-10-7-8-13(17)11(9-10)15(18)16-12-5-3-4-6-14(12)19-2/h3-9,17H,1-2H3,(H,16,18). The van der Waals surface area contributed by atoms with E-state index in [1.165, 1.54) is 6.07 Å². The minimum absolute atomic E-state index is 0.00951. The number of aryl methyl sites for hydroxylation is 1. The molecule has 0 spiro atoms. The lowest BCUT2D eigenvalue weighted by atomic mass is 10.1. The zero-order valence-corrected chi connectivity index (χ0v) is 11.6. The molecule has 0 unspecified atom stereocenters. The Kier molecular flexibility index (Phi) is 4.12. The molecule has 0 saturated carbocycles. The summed E-state index contributed by atoms with van der Waals surface area (Å²) in [5, 5.41) is 12.6. The quantitative estimate of drug-likeness (QED) is 0.839. The van der Waals surface area contributed by atoms with E-state index in [0.29, 0.717) is 0 Å². The molecular weight excluding hydrogens is 258 g/mol. The number of anilines is 1. The van der Waals surface area contributed by atoms with Gasteiger partial charge in [-0.3, -0.25) is 4.79 Å². The number of amides is 1. The van der Waals surface area contributed by atoms with Gasteiger partial charge in [0.1, 0.15) is 5.75 Å². The maximum absolute atomic E-state index is 12.2. The molecule has 0 aliphatic carbocycles. The van der Waals surface area contributed by atoms with Crippen LogP contribution in [-0.4, -0.2) is 17.3 Å². The summed E-state index contributed by atoms with van der Waals surface area (Å²) in [5.74, 6) is -0.313. The molecule has 0 aliphatic rings. The van der Waals surface area contributed by atoms with Crippen molar-refractivity contribution in [3.8, 4) is 5.75 Å². The van der Waals surface area contributed by atoms with Crippen molar-refractivity contribution < 1.29 is 9.90 Å². The summed E-state index contributed by atoms with van der Waals surface area (Å²) < 4.78 is 0. The number of aromatic hydroxyl groups is 1. The van der Waals surface area contributed by atoms with E-state index < -0.39 is 0 Å². The van der Waals surface area contributed by atoms with Gasteiger partial charge in [0.2, 0.25) is 0 Å². The van der Waals surface area contributed by atoms with E-state index in [-0.39, 0.29) is 17.2 Å². The van der Waals surface area contributed by atoms with E-state index in [0.717, 1.165) is 16.1 Å². The third kappa shape index (κ3) is 3.09. The van der Waals surface area contributed by atoms with Crippen LogP contribution in [0.5, 0.6) is 5.75 Å². The van der Waals surface area contributed by atoms with Crippen LogP contribution in [0, 0.1) is 6.92 Å². The molecule has 19 heavy (non-hydrogen) atoms. The third-order valence-electron chi connectivity index (χ3n) is 2.75. The predicted molar refractivity (Wildman–Crippen MR) is 79.0 cm³/mol. The number of hydrogen-bond acceptors (Lipinski definition) is 3. The van der Waals surface area contributed by atoms with Crippen molar-refractivity contribution >= 4 is 23.4 Å².